The summed E-state index contributed by atoms with van der Waals surface area (Å²) in [7, 11) is 6.18. The molecular formula is C21H22N4O5. The number of rotatable bonds is 8. The van der Waals surface area contributed by atoms with Crippen molar-refractivity contribution in [2.75, 3.05) is 28.4 Å². The van der Waals surface area contributed by atoms with Crippen LogP contribution in [-0.4, -0.2) is 50.8 Å². The summed E-state index contributed by atoms with van der Waals surface area (Å²) in [5.74, 6) is 1.78. The van der Waals surface area contributed by atoms with Gasteiger partial charge in [0, 0.05) is 17.2 Å². The molecular weight excluding hydrogens is 388 g/mol. The molecule has 0 atom stereocenters. The summed E-state index contributed by atoms with van der Waals surface area (Å²) < 4.78 is 21.2. The van der Waals surface area contributed by atoms with Crippen molar-refractivity contribution < 1.29 is 23.7 Å². The maximum absolute atomic E-state index is 12.4. The van der Waals surface area contributed by atoms with Crippen molar-refractivity contribution in [3.05, 3.63) is 53.7 Å². The zero-order valence-electron chi connectivity index (χ0n) is 17.1. The number of methoxy groups -OCH3 is 4. The first kappa shape index (κ1) is 20.7. The average Bonchev–Trinajstić information content (AvgIpc) is 3.28. The van der Waals surface area contributed by atoms with E-state index in [1.54, 1.807) is 25.3 Å². The molecule has 0 fully saturated rings. The van der Waals surface area contributed by atoms with E-state index in [0.717, 1.165) is 5.56 Å². The Labute approximate surface area is 173 Å². The zero-order chi connectivity index (χ0) is 21.5. The number of ether oxygens (including phenoxy) is 4. The molecule has 9 heteroatoms. The van der Waals surface area contributed by atoms with Crippen LogP contribution in [0.15, 0.2) is 47.6 Å². The lowest BCUT2D eigenvalue weighted by molar-refractivity contribution is 0.0950. The number of aromatic nitrogens is 2. The van der Waals surface area contributed by atoms with Gasteiger partial charge in [0.2, 0.25) is 0 Å². The number of benzene rings is 2. The van der Waals surface area contributed by atoms with Crippen molar-refractivity contribution in [2.24, 2.45) is 5.10 Å². The SMILES string of the molecule is COc1cc(OC)c(OC)cc1/C=N\NC(=O)c1cc(-c2ccccc2OC)n[nH]1. The van der Waals surface area contributed by atoms with Gasteiger partial charge in [-0.05, 0) is 24.3 Å². The third-order valence-corrected chi connectivity index (χ3v) is 4.31. The van der Waals surface area contributed by atoms with Gasteiger partial charge < -0.3 is 18.9 Å². The molecule has 156 valence electrons. The Balaban J connectivity index is 1.75. The van der Waals surface area contributed by atoms with Crippen LogP contribution in [0.3, 0.4) is 0 Å². The molecule has 30 heavy (non-hydrogen) atoms. The second-order valence-electron chi connectivity index (χ2n) is 6.02. The molecule has 0 saturated carbocycles. The van der Waals surface area contributed by atoms with E-state index in [0.29, 0.717) is 34.3 Å². The summed E-state index contributed by atoms with van der Waals surface area (Å²) in [4.78, 5) is 12.4. The van der Waals surface area contributed by atoms with Gasteiger partial charge in [-0.3, -0.25) is 9.89 Å². The largest absolute Gasteiger partial charge is 0.496 e. The van der Waals surface area contributed by atoms with Crippen LogP contribution in [-0.2, 0) is 0 Å². The van der Waals surface area contributed by atoms with Crippen LogP contribution in [0.5, 0.6) is 23.0 Å². The van der Waals surface area contributed by atoms with Gasteiger partial charge in [0.05, 0.1) is 40.3 Å². The summed E-state index contributed by atoms with van der Waals surface area (Å²) in [6.45, 7) is 0. The van der Waals surface area contributed by atoms with Crippen LogP contribution in [0.4, 0.5) is 0 Å². The maximum Gasteiger partial charge on any atom is 0.289 e. The van der Waals surface area contributed by atoms with Gasteiger partial charge in [-0.2, -0.15) is 10.2 Å². The van der Waals surface area contributed by atoms with E-state index in [1.165, 1.54) is 27.5 Å². The number of H-pyrrole nitrogens is 1. The van der Waals surface area contributed by atoms with Crippen molar-refractivity contribution in [3.8, 4) is 34.3 Å². The summed E-state index contributed by atoms with van der Waals surface area (Å²) in [5, 5.41) is 10.9. The van der Waals surface area contributed by atoms with E-state index in [-0.39, 0.29) is 5.69 Å². The fourth-order valence-corrected chi connectivity index (χ4v) is 2.81. The molecule has 3 rings (SSSR count). The Morgan fingerprint density at radius 2 is 1.60 bits per heavy atom. The molecule has 1 heterocycles. The molecule has 1 amide bonds. The first-order chi connectivity index (χ1) is 14.6. The normalized spacial score (nSPS) is 10.7. The Morgan fingerprint density at radius 3 is 2.30 bits per heavy atom. The van der Waals surface area contributed by atoms with Gasteiger partial charge in [0.1, 0.15) is 17.2 Å². The third-order valence-electron chi connectivity index (χ3n) is 4.31. The Morgan fingerprint density at radius 1 is 0.933 bits per heavy atom. The van der Waals surface area contributed by atoms with Gasteiger partial charge in [-0.1, -0.05) is 12.1 Å². The quantitative estimate of drug-likeness (QED) is 0.437. The third kappa shape index (κ3) is 4.35. The lowest BCUT2D eigenvalue weighted by Gasteiger charge is -2.11. The van der Waals surface area contributed by atoms with Crippen LogP contribution in [0, 0.1) is 0 Å². The van der Waals surface area contributed by atoms with Crippen molar-refractivity contribution in [2.45, 2.75) is 0 Å². The van der Waals surface area contributed by atoms with Crippen molar-refractivity contribution in [3.63, 3.8) is 0 Å². The van der Waals surface area contributed by atoms with Crippen molar-refractivity contribution >= 4 is 12.1 Å². The molecule has 0 saturated heterocycles. The lowest BCUT2D eigenvalue weighted by Crippen LogP contribution is -2.18. The van der Waals surface area contributed by atoms with E-state index < -0.39 is 5.91 Å². The van der Waals surface area contributed by atoms with Gasteiger partial charge in [-0.15, -0.1) is 0 Å². The number of carbonyl (C=O) groups excluding carboxylic acids is 1. The van der Waals surface area contributed by atoms with Gasteiger partial charge in [0.25, 0.3) is 5.91 Å². The number of hydrogen-bond donors (Lipinski definition) is 2. The predicted molar refractivity (Wildman–Crippen MR) is 112 cm³/mol. The van der Waals surface area contributed by atoms with Crippen LogP contribution in [0.2, 0.25) is 0 Å². The first-order valence-corrected chi connectivity index (χ1v) is 8.93. The van der Waals surface area contributed by atoms with Crippen LogP contribution >= 0.6 is 0 Å². The number of aromatic amines is 1. The number of nitrogens with one attached hydrogen (secondary N) is 2. The number of hydrogen-bond acceptors (Lipinski definition) is 7. The van der Waals surface area contributed by atoms with Crippen molar-refractivity contribution in [1.29, 1.82) is 0 Å². The summed E-state index contributed by atoms with van der Waals surface area (Å²) in [6, 6.07) is 12.4. The highest BCUT2D eigenvalue weighted by molar-refractivity contribution is 5.94. The second kappa shape index (κ2) is 9.46. The number of para-hydroxylation sites is 1. The Hall–Kier alpha value is -4.01. The van der Waals surface area contributed by atoms with E-state index in [2.05, 4.69) is 20.7 Å². The number of carbonyl (C=O) groups is 1. The van der Waals surface area contributed by atoms with Crippen molar-refractivity contribution in [1.82, 2.24) is 15.6 Å². The van der Waals surface area contributed by atoms with E-state index in [1.807, 2.05) is 24.3 Å². The monoisotopic (exact) mass is 410 g/mol. The molecule has 0 bridgehead atoms. The Kier molecular flexibility index (Phi) is 6.53. The minimum atomic E-state index is -0.445. The maximum atomic E-state index is 12.4. The zero-order valence-corrected chi connectivity index (χ0v) is 17.1. The standard InChI is InChI=1S/C21H22N4O5/c1-27-17-8-6-5-7-14(17)15-10-16(24-23-15)21(26)25-22-12-13-9-19(29-3)20(30-4)11-18(13)28-2/h5-12H,1-4H3,(H,23,24)(H,25,26)/b22-12-. The molecule has 0 aliphatic rings. The van der Waals surface area contributed by atoms with Crippen LogP contribution in [0.1, 0.15) is 16.1 Å². The van der Waals surface area contributed by atoms with Crippen LogP contribution < -0.4 is 24.4 Å². The molecule has 0 unspecified atom stereocenters. The number of nitrogens with zero attached hydrogens (tertiary/aromatic N) is 2. The highest BCUT2D eigenvalue weighted by atomic mass is 16.5. The summed E-state index contributed by atoms with van der Waals surface area (Å²) in [5.41, 5.74) is 4.68. The highest BCUT2D eigenvalue weighted by Gasteiger charge is 2.14. The lowest BCUT2D eigenvalue weighted by atomic mass is 10.1. The van der Waals surface area contributed by atoms with Gasteiger partial charge in [0.15, 0.2) is 11.5 Å². The Bertz CT molecular complexity index is 1060. The fourth-order valence-electron chi connectivity index (χ4n) is 2.81. The molecule has 0 aliphatic carbocycles. The second-order valence-corrected chi connectivity index (χ2v) is 6.02. The predicted octanol–water partition coefficient (Wildman–Crippen LogP) is 2.88. The van der Waals surface area contributed by atoms with Crippen LogP contribution in [0.25, 0.3) is 11.3 Å². The van der Waals surface area contributed by atoms with Gasteiger partial charge in [-0.25, -0.2) is 5.43 Å². The summed E-state index contributed by atoms with van der Waals surface area (Å²) >= 11 is 0. The van der Waals surface area contributed by atoms with E-state index in [9.17, 15) is 4.79 Å². The summed E-state index contributed by atoms with van der Waals surface area (Å²) in [6.07, 6.45) is 1.45. The molecule has 0 spiro atoms. The topological polar surface area (TPSA) is 107 Å². The fraction of sp³-hybridized carbons (Fsp3) is 0.190. The molecule has 9 nitrogen and oxygen atoms in total. The minimum absolute atomic E-state index is 0.257. The average molecular weight is 410 g/mol. The molecule has 2 aromatic carbocycles. The highest BCUT2D eigenvalue weighted by Crippen LogP contribution is 2.33. The van der Waals surface area contributed by atoms with E-state index >= 15 is 0 Å². The molecule has 0 radical (unpaired) electrons. The number of hydrazone groups is 1. The molecule has 2 N–H and O–H groups in total. The molecule has 3 aromatic rings. The van der Waals surface area contributed by atoms with E-state index in [4.69, 9.17) is 18.9 Å². The van der Waals surface area contributed by atoms with Gasteiger partial charge >= 0.3 is 0 Å². The minimum Gasteiger partial charge on any atom is -0.496 e. The first-order valence-electron chi connectivity index (χ1n) is 8.93. The molecule has 1 aromatic heterocycles. The molecule has 0 aliphatic heterocycles. The smallest absolute Gasteiger partial charge is 0.289 e. The number of amides is 1.